The summed E-state index contributed by atoms with van der Waals surface area (Å²) in [4.78, 5) is 28.1. The number of hydrogen-bond donors (Lipinski definition) is 2. The number of esters is 1. The second-order valence-electron chi connectivity index (χ2n) is 3.93. The Bertz CT molecular complexity index is 713. The lowest BCUT2D eigenvalue weighted by Gasteiger charge is -2.11. The van der Waals surface area contributed by atoms with Crippen LogP contribution < -0.4 is 5.32 Å². The van der Waals surface area contributed by atoms with Gasteiger partial charge in [-0.1, -0.05) is 11.6 Å². The predicted octanol–water partition coefficient (Wildman–Crippen LogP) is 2.29. The number of rotatable bonds is 4. The molecule has 1 amide bonds. The van der Waals surface area contributed by atoms with Gasteiger partial charge in [0, 0.05) is 6.20 Å². The molecule has 0 bridgehead atoms. The molecule has 0 radical (unpaired) electrons. The summed E-state index contributed by atoms with van der Waals surface area (Å²) in [7, 11) is 1.19. The quantitative estimate of drug-likeness (QED) is 0.664. The van der Waals surface area contributed by atoms with E-state index in [4.69, 9.17) is 16.7 Å². The number of nitrogens with zero attached hydrogens (tertiary/aromatic N) is 1. The molecule has 2 rings (SSSR count). The van der Waals surface area contributed by atoms with E-state index in [9.17, 15) is 9.59 Å². The van der Waals surface area contributed by atoms with E-state index in [2.05, 4.69) is 15.0 Å². The van der Waals surface area contributed by atoms with Gasteiger partial charge in [-0.25, -0.2) is 4.79 Å². The summed E-state index contributed by atoms with van der Waals surface area (Å²) in [6, 6.07) is 2.15. The van der Waals surface area contributed by atoms with Crippen LogP contribution in [-0.4, -0.2) is 35.1 Å². The fraction of sp³-hybridized carbons (Fsp3) is 0.154. The zero-order chi connectivity index (χ0) is 15.4. The van der Waals surface area contributed by atoms with Crippen molar-refractivity contribution in [3.63, 3.8) is 0 Å². The fourth-order valence-corrected chi connectivity index (χ4v) is 2.82. The van der Waals surface area contributed by atoms with Crippen molar-refractivity contribution < 1.29 is 19.4 Å². The Kier molecular flexibility index (Phi) is 4.77. The van der Waals surface area contributed by atoms with Crippen LogP contribution in [0.1, 0.15) is 9.67 Å². The Labute approximate surface area is 129 Å². The standard InChI is InChI=1S/C13H11ClN2O4S/c1-20-13(19)8(3-5-17)16-12(18)10-6-9-11(21-10)7(14)2-4-15-9/h2-6,8,17H,1H3,(H,16,18)/b5-3+. The molecule has 0 spiro atoms. The van der Waals surface area contributed by atoms with Crippen molar-refractivity contribution in [1.82, 2.24) is 10.3 Å². The molecule has 2 aromatic heterocycles. The molecule has 0 aliphatic heterocycles. The Morgan fingerprint density at radius 1 is 1.57 bits per heavy atom. The minimum Gasteiger partial charge on any atom is -0.516 e. The molecule has 0 saturated carbocycles. The topological polar surface area (TPSA) is 88.5 Å². The number of aliphatic hydroxyl groups is 1. The Morgan fingerprint density at radius 3 is 2.95 bits per heavy atom. The van der Waals surface area contributed by atoms with Gasteiger partial charge in [-0.15, -0.1) is 11.3 Å². The van der Waals surface area contributed by atoms with E-state index >= 15 is 0 Å². The summed E-state index contributed by atoms with van der Waals surface area (Å²) < 4.78 is 5.22. The molecular weight excluding hydrogens is 316 g/mol. The number of amides is 1. The number of methoxy groups -OCH3 is 1. The van der Waals surface area contributed by atoms with Gasteiger partial charge >= 0.3 is 5.97 Å². The Balaban J connectivity index is 2.25. The van der Waals surface area contributed by atoms with Crippen LogP contribution in [0.25, 0.3) is 10.2 Å². The third kappa shape index (κ3) is 3.32. The molecule has 0 aromatic carbocycles. The molecule has 2 aromatic rings. The number of aliphatic hydroxyl groups excluding tert-OH is 1. The van der Waals surface area contributed by atoms with Crippen LogP contribution in [0.3, 0.4) is 0 Å². The number of pyridine rings is 1. The van der Waals surface area contributed by atoms with Crippen LogP contribution in [0.5, 0.6) is 0 Å². The Hall–Kier alpha value is -2.12. The molecule has 110 valence electrons. The Morgan fingerprint density at radius 2 is 2.33 bits per heavy atom. The minimum atomic E-state index is -1.07. The highest BCUT2D eigenvalue weighted by atomic mass is 35.5. The van der Waals surface area contributed by atoms with Crippen LogP contribution >= 0.6 is 22.9 Å². The van der Waals surface area contributed by atoms with Gasteiger partial charge in [0.05, 0.1) is 33.5 Å². The number of fused-ring (bicyclic) bond motifs is 1. The number of carbonyl (C=O) groups excluding carboxylic acids is 2. The molecule has 0 aliphatic rings. The average Bonchev–Trinajstić information content (AvgIpc) is 2.91. The van der Waals surface area contributed by atoms with Gasteiger partial charge < -0.3 is 15.2 Å². The van der Waals surface area contributed by atoms with Gasteiger partial charge in [0.1, 0.15) is 6.04 Å². The number of hydrogen-bond acceptors (Lipinski definition) is 6. The van der Waals surface area contributed by atoms with Crippen molar-refractivity contribution in [2.24, 2.45) is 0 Å². The first-order valence-electron chi connectivity index (χ1n) is 5.80. The van der Waals surface area contributed by atoms with E-state index in [1.165, 1.54) is 18.4 Å². The highest BCUT2D eigenvalue weighted by Crippen LogP contribution is 2.30. The molecular formula is C13H11ClN2O4S. The lowest BCUT2D eigenvalue weighted by Crippen LogP contribution is -2.39. The van der Waals surface area contributed by atoms with E-state index < -0.39 is 17.9 Å². The first kappa shape index (κ1) is 15.3. The predicted molar refractivity (Wildman–Crippen MR) is 79.7 cm³/mol. The highest BCUT2D eigenvalue weighted by molar-refractivity contribution is 7.21. The number of thiophene rings is 1. The first-order chi connectivity index (χ1) is 10.1. The minimum absolute atomic E-state index is 0.353. The van der Waals surface area contributed by atoms with Gasteiger partial charge in [0.2, 0.25) is 0 Å². The fourth-order valence-electron chi connectivity index (χ4n) is 1.63. The van der Waals surface area contributed by atoms with Crippen LogP contribution in [-0.2, 0) is 9.53 Å². The van der Waals surface area contributed by atoms with Crippen molar-refractivity contribution in [2.75, 3.05) is 7.11 Å². The number of ether oxygens (including phenoxy) is 1. The van der Waals surface area contributed by atoms with E-state index in [1.54, 1.807) is 18.3 Å². The van der Waals surface area contributed by atoms with Crippen LogP contribution in [0.2, 0.25) is 5.02 Å². The van der Waals surface area contributed by atoms with Gasteiger partial charge in [-0.05, 0) is 18.2 Å². The lowest BCUT2D eigenvalue weighted by molar-refractivity contribution is -0.141. The molecule has 6 nitrogen and oxygen atoms in total. The van der Waals surface area contributed by atoms with Crippen molar-refractivity contribution in [3.8, 4) is 0 Å². The molecule has 1 atom stereocenters. The van der Waals surface area contributed by atoms with Gasteiger partial charge in [-0.3, -0.25) is 9.78 Å². The van der Waals surface area contributed by atoms with Gasteiger partial charge in [0.15, 0.2) is 0 Å². The SMILES string of the molecule is COC(=O)C(/C=C/O)NC(=O)c1cc2nccc(Cl)c2s1. The normalized spacial score (nSPS) is 12.5. The first-order valence-corrected chi connectivity index (χ1v) is 7.00. The molecule has 21 heavy (non-hydrogen) atoms. The van der Waals surface area contributed by atoms with E-state index in [-0.39, 0.29) is 0 Å². The molecule has 2 N–H and O–H groups in total. The smallest absolute Gasteiger partial charge is 0.332 e. The largest absolute Gasteiger partial charge is 0.516 e. The molecule has 0 saturated heterocycles. The second kappa shape index (κ2) is 6.55. The zero-order valence-electron chi connectivity index (χ0n) is 10.9. The maximum atomic E-state index is 12.1. The summed E-state index contributed by atoms with van der Waals surface area (Å²) in [5.74, 6) is -1.17. The number of aromatic nitrogens is 1. The summed E-state index contributed by atoms with van der Waals surface area (Å²) in [5, 5.41) is 11.7. The lowest BCUT2D eigenvalue weighted by atomic mass is 10.2. The van der Waals surface area contributed by atoms with Crippen LogP contribution in [0.4, 0.5) is 0 Å². The van der Waals surface area contributed by atoms with E-state index in [0.29, 0.717) is 26.4 Å². The van der Waals surface area contributed by atoms with Crippen molar-refractivity contribution in [1.29, 1.82) is 0 Å². The summed E-state index contributed by atoms with van der Waals surface area (Å²) in [5.41, 5.74) is 0.602. The molecule has 1 unspecified atom stereocenters. The number of nitrogens with one attached hydrogen (secondary N) is 1. The molecule has 0 aliphatic carbocycles. The van der Waals surface area contributed by atoms with E-state index in [1.807, 2.05) is 0 Å². The molecule has 2 heterocycles. The third-order valence-electron chi connectivity index (χ3n) is 2.61. The van der Waals surface area contributed by atoms with Crippen LogP contribution in [0, 0.1) is 0 Å². The highest BCUT2D eigenvalue weighted by Gasteiger charge is 2.21. The number of halogens is 1. The molecule has 8 heteroatoms. The van der Waals surface area contributed by atoms with Gasteiger partial charge in [-0.2, -0.15) is 0 Å². The monoisotopic (exact) mass is 326 g/mol. The average molecular weight is 327 g/mol. The van der Waals surface area contributed by atoms with Crippen LogP contribution in [0.15, 0.2) is 30.7 Å². The third-order valence-corrected chi connectivity index (χ3v) is 4.19. The van der Waals surface area contributed by atoms with Crippen molar-refractivity contribution in [2.45, 2.75) is 6.04 Å². The summed E-state index contributed by atoms with van der Waals surface area (Å²) in [6.07, 6.45) is 3.33. The summed E-state index contributed by atoms with van der Waals surface area (Å²) in [6.45, 7) is 0. The number of carbonyl (C=O) groups is 2. The van der Waals surface area contributed by atoms with Crippen molar-refractivity contribution in [3.05, 3.63) is 40.6 Å². The summed E-state index contributed by atoms with van der Waals surface area (Å²) >= 11 is 7.19. The van der Waals surface area contributed by atoms with Crippen molar-refractivity contribution >= 4 is 45.0 Å². The van der Waals surface area contributed by atoms with E-state index in [0.717, 1.165) is 6.08 Å². The second-order valence-corrected chi connectivity index (χ2v) is 5.39. The maximum Gasteiger partial charge on any atom is 0.332 e. The molecule has 0 fully saturated rings. The maximum absolute atomic E-state index is 12.1. The zero-order valence-corrected chi connectivity index (χ0v) is 12.4. The van der Waals surface area contributed by atoms with Gasteiger partial charge in [0.25, 0.3) is 5.91 Å².